The minimum atomic E-state index is -0.587. The van der Waals surface area contributed by atoms with Crippen LogP contribution in [0.1, 0.15) is 36.5 Å². The molecule has 0 unspecified atom stereocenters. The molecule has 0 aromatic heterocycles. The molecule has 0 radical (unpaired) electrons. The van der Waals surface area contributed by atoms with Gasteiger partial charge in [-0.1, -0.05) is 44.2 Å². The van der Waals surface area contributed by atoms with Gasteiger partial charge in [0.15, 0.2) is 13.2 Å². The number of hydrogen-bond donors (Lipinski definition) is 1. The predicted octanol–water partition coefficient (Wildman–Crippen LogP) is 3.99. The second kappa shape index (κ2) is 9.04. The molecule has 1 N–H and O–H groups in total. The van der Waals surface area contributed by atoms with Crippen molar-refractivity contribution >= 4 is 17.6 Å². The standard InChI is InChI=1S/C21H25NO4/c1-14(2)18-10-6-8-16(4)21(18)22-19(23)12-26-20(24)13-25-17-9-5-7-15(3)11-17/h5-11,14H,12-13H2,1-4H3,(H,22,23). The molecule has 0 aliphatic carbocycles. The maximum Gasteiger partial charge on any atom is 0.344 e. The summed E-state index contributed by atoms with van der Waals surface area (Å²) in [5.41, 5.74) is 3.83. The summed E-state index contributed by atoms with van der Waals surface area (Å²) in [5, 5.41) is 2.84. The van der Waals surface area contributed by atoms with Gasteiger partial charge < -0.3 is 14.8 Å². The highest BCUT2D eigenvalue weighted by Crippen LogP contribution is 2.27. The number of amides is 1. The SMILES string of the molecule is Cc1cccc(OCC(=O)OCC(=O)Nc2c(C)cccc2C(C)C)c1. The highest BCUT2D eigenvalue weighted by atomic mass is 16.6. The molecule has 0 saturated carbocycles. The topological polar surface area (TPSA) is 64.6 Å². The number of aryl methyl sites for hydroxylation is 2. The van der Waals surface area contributed by atoms with E-state index in [2.05, 4.69) is 19.2 Å². The Morgan fingerprint density at radius 3 is 2.46 bits per heavy atom. The lowest BCUT2D eigenvalue weighted by atomic mass is 9.98. The largest absolute Gasteiger partial charge is 0.482 e. The molecule has 5 nitrogen and oxygen atoms in total. The van der Waals surface area contributed by atoms with Crippen LogP contribution >= 0.6 is 0 Å². The number of benzene rings is 2. The van der Waals surface area contributed by atoms with Crippen molar-refractivity contribution in [2.24, 2.45) is 0 Å². The second-order valence-corrected chi connectivity index (χ2v) is 6.51. The Bertz CT molecular complexity index is 783. The molecule has 2 aromatic carbocycles. The molecule has 0 spiro atoms. The maximum absolute atomic E-state index is 12.1. The lowest BCUT2D eigenvalue weighted by Gasteiger charge is -2.16. The average Bonchev–Trinajstić information content (AvgIpc) is 2.59. The molecule has 0 saturated heterocycles. The van der Waals surface area contributed by atoms with E-state index in [0.29, 0.717) is 5.75 Å². The fourth-order valence-electron chi connectivity index (χ4n) is 2.55. The predicted molar refractivity (Wildman–Crippen MR) is 102 cm³/mol. The number of para-hydroxylation sites is 1. The Hall–Kier alpha value is -2.82. The van der Waals surface area contributed by atoms with Crippen molar-refractivity contribution in [2.45, 2.75) is 33.6 Å². The molecule has 0 fully saturated rings. The summed E-state index contributed by atoms with van der Waals surface area (Å²) in [6.07, 6.45) is 0. The van der Waals surface area contributed by atoms with Crippen molar-refractivity contribution in [3.8, 4) is 5.75 Å². The molecule has 0 bridgehead atoms. The number of anilines is 1. The number of ether oxygens (including phenoxy) is 2. The zero-order chi connectivity index (χ0) is 19.1. The van der Waals surface area contributed by atoms with Gasteiger partial charge in [-0.25, -0.2) is 4.79 Å². The van der Waals surface area contributed by atoms with Gasteiger partial charge in [0.05, 0.1) is 0 Å². The number of rotatable bonds is 7. The highest BCUT2D eigenvalue weighted by Gasteiger charge is 2.14. The van der Waals surface area contributed by atoms with E-state index in [9.17, 15) is 9.59 Å². The van der Waals surface area contributed by atoms with E-state index < -0.39 is 5.97 Å². The number of nitrogens with one attached hydrogen (secondary N) is 1. The van der Waals surface area contributed by atoms with Crippen molar-refractivity contribution in [1.29, 1.82) is 0 Å². The summed E-state index contributed by atoms with van der Waals surface area (Å²) in [6.45, 7) is 7.41. The highest BCUT2D eigenvalue weighted by molar-refractivity contribution is 5.94. The van der Waals surface area contributed by atoms with E-state index in [1.165, 1.54) is 0 Å². The van der Waals surface area contributed by atoms with Crippen molar-refractivity contribution in [1.82, 2.24) is 0 Å². The van der Waals surface area contributed by atoms with Gasteiger partial charge in [-0.3, -0.25) is 4.79 Å². The third-order valence-electron chi connectivity index (χ3n) is 3.90. The molecule has 0 heterocycles. The number of carbonyl (C=O) groups is 2. The summed E-state index contributed by atoms with van der Waals surface area (Å²) in [7, 11) is 0. The molecule has 1 amide bonds. The zero-order valence-corrected chi connectivity index (χ0v) is 15.7. The van der Waals surface area contributed by atoms with Gasteiger partial charge in [-0.2, -0.15) is 0 Å². The third-order valence-corrected chi connectivity index (χ3v) is 3.90. The zero-order valence-electron chi connectivity index (χ0n) is 15.7. The van der Waals surface area contributed by atoms with E-state index in [1.54, 1.807) is 6.07 Å². The van der Waals surface area contributed by atoms with Gasteiger partial charge in [0.25, 0.3) is 5.91 Å². The van der Waals surface area contributed by atoms with E-state index in [1.807, 2.05) is 50.2 Å². The van der Waals surface area contributed by atoms with E-state index in [-0.39, 0.29) is 25.0 Å². The van der Waals surface area contributed by atoms with Gasteiger partial charge in [-0.15, -0.1) is 0 Å². The van der Waals surface area contributed by atoms with Crippen molar-refractivity contribution < 1.29 is 19.1 Å². The number of esters is 1. The van der Waals surface area contributed by atoms with E-state index in [0.717, 1.165) is 22.4 Å². The smallest absolute Gasteiger partial charge is 0.344 e. The van der Waals surface area contributed by atoms with Gasteiger partial charge in [0.2, 0.25) is 0 Å². The van der Waals surface area contributed by atoms with E-state index >= 15 is 0 Å². The average molecular weight is 355 g/mol. The van der Waals surface area contributed by atoms with Crippen molar-refractivity contribution in [3.63, 3.8) is 0 Å². The summed E-state index contributed by atoms with van der Waals surface area (Å²) in [6, 6.07) is 13.2. The summed E-state index contributed by atoms with van der Waals surface area (Å²) < 4.78 is 10.4. The van der Waals surface area contributed by atoms with E-state index in [4.69, 9.17) is 9.47 Å². The van der Waals surface area contributed by atoms with Gasteiger partial charge in [0, 0.05) is 5.69 Å². The molecule has 0 aliphatic heterocycles. The molecule has 2 rings (SSSR count). The summed E-state index contributed by atoms with van der Waals surface area (Å²) in [5.74, 6) is -0.0935. The first kappa shape index (κ1) is 19.5. The van der Waals surface area contributed by atoms with Crippen LogP contribution in [0.2, 0.25) is 0 Å². The summed E-state index contributed by atoms with van der Waals surface area (Å²) >= 11 is 0. The van der Waals surface area contributed by atoms with Gasteiger partial charge in [0.1, 0.15) is 5.75 Å². The van der Waals surface area contributed by atoms with Crippen LogP contribution in [0.4, 0.5) is 5.69 Å². The Balaban J connectivity index is 1.84. The molecule has 0 atom stereocenters. The monoisotopic (exact) mass is 355 g/mol. The van der Waals surface area contributed by atoms with Crippen LogP contribution in [0, 0.1) is 13.8 Å². The summed E-state index contributed by atoms with van der Waals surface area (Å²) in [4.78, 5) is 23.9. The maximum atomic E-state index is 12.1. The molecule has 26 heavy (non-hydrogen) atoms. The van der Waals surface area contributed by atoms with Crippen LogP contribution in [0.5, 0.6) is 5.75 Å². The van der Waals surface area contributed by atoms with Crippen LogP contribution in [0.3, 0.4) is 0 Å². The quantitative estimate of drug-likeness (QED) is 0.763. The number of hydrogen-bond acceptors (Lipinski definition) is 4. The lowest BCUT2D eigenvalue weighted by Crippen LogP contribution is -2.24. The number of carbonyl (C=O) groups excluding carboxylic acids is 2. The first-order chi connectivity index (χ1) is 12.4. The fourth-order valence-corrected chi connectivity index (χ4v) is 2.55. The lowest BCUT2D eigenvalue weighted by molar-refractivity contribution is -0.149. The molecular weight excluding hydrogens is 330 g/mol. The molecule has 0 aliphatic rings. The van der Waals surface area contributed by atoms with Crippen LogP contribution < -0.4 is 10.1 Å². The minimum Gasteiger partial charge on any atom is -0.482 e. The van der Waals surface area contributed by atoms with Crippen LogP contribution in [0.15, 0.2) is 42.5 Å². The molecule has 5 heteroatoms. The Kier molecular flexibility index (Phi) is 6.78. The van der Waals surface area contributed by atoms with Crippen molar-refractivity contribution in [3.05, 3.63) is 59.2 Å². The Labute approximate surface area is 154 Å². The van der Waals surface area contributed by atoms with Crippen LogP contribution in [-0.4, -0.2) is 25.1 Å². The van der Waals surface area contributed by atoms with Crippen molar-refractivity contribution in [2.75, 3.05) is 18.5 Å². The van der Waals surface area contributed by atoms with Crippen LogP contribution in [-0.2, 0) is 14.3 Å². The van der Waals surface area contributed by atoms with Crippen LogP contribution in [0.25, 0.3) is 0 Å². The third kappa shape index (κ3) is 5.62. The molecule has 2 aromatic rings. The fraction of sp³-hybridized carbons (Fsp3) is 0.333. The Morgan fingerprint density at radius 1 is 1.04 bits per heavy atom. The molecular formula is C21H25NO4. The van der Waals surface area contributed by atoms with Gasteiger partial charge in [-0.05, 0) is 48.6 Å². The van der Waals surface area contributed by atoms with Gasteiger partial charge >= 0.3 is 5.97 Å². The minimum absolute atomic E-state index is 0.238. The first-order valence-electron chi connectivity index (χ1n) is 8.61. The second-order valence-electron chi connectivity index (χ2n) is 6.51. The Morgan fingerprint density at radius 2 is 1.77 bits per heavy atom. The first-order valence-corrected chi connectivity index (χ1v) is 8.61. The molecule has 138 valence electrons. The normalized spacial score (nSPS) is 10.5.